The molecule has 1 aliphatic heterocycles. The van der Waals surface area contributed by atoms with E-state index in [2.05, 4.69) is 4.74 Å². The molecule has 0 saturated carbocycles. The SMILES string of the molecule is COC(=O)c1ccc(CN2CCN(C(=O)OC(C)(C)C)CC2)c(C(F)(F)F)c1. The van der Waals surface area contributed by atoms with Crippen LogP contribution >= 0.6 is 0 Å². The minimum Gasteiger partial charge on any atom is -0.465 e. The summed E-state index contributed by atoms with van der Waals surface area (Å²) in [5, 5.41) is 0. The number of esters is 1. The van der Waals surface area contributed by atoms with E-state index in [0.29, 0.717) is 26.2 Å². The van der Waals surface area contributed by atoms with Gasteiger partial charge in [-0.05, 0) is 38.5 Å². The summed E-state index contributed by atoms with van der Waals surface area (Å²) in [6.45, 7) is 6.99. The maximum absolute atomic E-state index is 13.4. The van der Waals surface area contributed by atoms with Gasteiger partial charge in [-0.3, -0.25) is 4.90 Å². The van der Waals surface area contributed by atoms with Gasteiger partial charge in [-0.25, -0.2) is 9.59 Å². The fraction of sp³-hybridized carbons (Fsp3) is 0.579. The van der Waals surface area contributed by atoms with Gasteiger partial charge in [-0.1, -0.05) is 6.07 Å². The summed E-state index contributed by atoms with van der Waals surface area (Å²) in [6.07, 6.45) is -5.01. The highest BCUT2D eigenvalue weighted by Crippen LogP contribution is 2.33. The van der Waals surface area contributed by atoms with Crippen molar-refractivity contribution in [3.63, 3.8) is 0 Å². The number of methoxy groups -OCH3 is 1. The van der Waals surface area contributed by atoms with Crippen LogP contribution in [0.15, 0.2) is 18.2 Å². The third-order valence-electron chi connectivity index (χ3n) is 4.25. The number of hydrogen-bond donors (Lipinski definition) is 0. The van der Waals surface area contributed by atoms with Crippen molar-refractivity contribution in [2.75, 3.05) is 33.3 Å². The van der Waals surface area contributed by atoms with E-state index in [1.165, 1.54) is 12.1 Å². The fourth-order valence-corrected chi connectivity index (χ4v) is 2.88. The van der Waals surface area contributed by atoms with E-state index in [1.807, 2.05) is 4.90 Å². The van der Waals surface area contributed by atoms with E-state index in [0.717, 1.165) is 13.2 Å². The number of hydrogen-bond acceptors (Lipinski definition) is 5. The predicted octanol–water partition coefficient (Wildman–Crippen LogP) is 3.54. The van der Waals surface area contributed by atoms with Crippen LogP contribution < -0.4 is 0 Å². The van der Waals surface area contributed by atoms with E-state index in [4.69, 9.17) is 4.74 Å². The first-order valence-corrected chi connectivity index (χ1v) is 8.89. The van der Waals surface area contributed by atoms with E-state index in [-0.39, 0.29) is 17.7 Å². The number of halogens is 3. The molecule has 0 unspecified atom stereocenters. The van der Waals surface area contributed by atoms with Crippen LogP contribution in [0, 0.1) is 0 Å². The highest BCUT2D eigenvalue weighted by Gasteiger charge is 2.35. The van der Waals surface area contributed by atoms with Crippen molar-refractivity contribution < 1.29 is 32.2 Å². The van der Waals surface area contributed by atoms with Crippen molar-refractivity contribution in [1.82, 2.24) is 9.80 Å². The van der Waals surface area contributed by atoms with Crippen LogP contribution in [-0.4, -0.2) is 60.8 Å². The van der Waals surface area contributed by atoms with Crippen molar-refractivity contribution in [1.29, 1.82) is 0 Å². The molecule has 0 aromatic heterocycles. The fourth-order valence-electron chi connectivity index (χ4n) is 2.88. The van der Waals surface area contributed by atoms with Crippen LogP contribution in [0.25, 0.3) is 0 Å². The van der Waals surface area contributed by atoms with E-state index in [9.17, 15) is 22.8 Å². The zero-order chi connectivity index (χ0) is 21.1. The molecule has 2 rings (SSSR count). The third kappa shape index (κ3) is 5.85. The smallest absolute Gasteiger partial charge is 0.416 e. The predicted molar refractivity (Wildman–Crippen MR) is 95.9 cm³/mol. The molecule has 28 heavy (non-hydrogen) atoms. The van der Waals surface area contributed by atoms with Gasteiger partial charge in [0, 0.05) is 32.7 Å². The molecular weight excluding hydrogens is 377 g/mol. The van der Waals surface area contributed by atoms with Crippen LogP contribution in [-0.2, 0) is 22.2 Å². The van der Waals surface area contributed by atoms with Crippen LogP contribution in [0.1, 0.15) is 42.3 Å². The lowest BCUT2D eigenvalue weighted by Crippen LogP contribution is -2.49. The van der Waals surface area contributed by atoms with Crippen LogP contribution in [0.4, 0.5) is 18.0 Å². The number of piperazine rings is 1. The molecule has 1 aliphatic rings. The Balaban J connectivity index is 2.06. The summed E-state index contributed by atoms with van der Waals surface area (Å²) in [6, 6.07) is 3.45. The molecule has 0 N–H and O–H groups in total. The molecule has 9 heteroatoms. The Morgan fingerprint density at radius 3 is 2.18 bits per heavy atom. The quantitative estimate of drug-likeness (QED) is 0.724. The second-order valence-electron chi connectivity index (χ2n) is 7.60. The van der Waals surface area contributed by atoms with Gasteiger partial charge < -0.3 is 14.4 Å². The van der Waals surface area contributed by atoms with E-state index in [1.54, 1.807) is 25.7 Å². The Bertz CT molecular complexity index is 721. The largest absolute Gasteiger partial charge is 0.465 e. The van der Waals surface area contributed by atoms with Gasteiger partial charge in [0.25, 0.3) is 0 Å². The minimum absolute atomic E-state index is 0.0679. The van der Waals surface area contributed by atoms with Crippen LogP contribution in [0.5, 0.6) is 0 Å². The first kappa shape index (κ1) is 22.0. The Hall–Kier alpha value is -2.29. The molecule has 1 heterocycles. The summed E-state index contributed by atoms with van der Waals surface area (Å²) in [4.78, 5) is 27.0. The molecule has 0 bridgehead atoms. The molecular formula is C19H25F3N2O4. The van der Waals surface area contributed by atoms with Gasteiger partial charge in [0.1, 0.15) is 5.60 Å². The average Bonchev–Trinajstić information content (AvgIpc) is 2.59. The standard InChI is InChI=1S/C19H25F3N2O4/c1-18(2,3)28-17(26)24-9-7-23(8-10-24)12-14-6-5-13(16(25)27-4)11-15(14)19(20,21)22/h5-6,11H,7-10,12H2,1-4H3. The zero-order valence-electron chi connectivity index (χ0n) is 16.4. The van der Waals surface area contributed by atoms with Crippen molar-refractivity contribution in [3.8, 4) is 0 Å². The van der Waals surface area contributed by atoms with Crippen LogP contribution in [0.2, 0.25) is 0 Å². The average molecular weight is 402 g/mol. The normalized spacial score (nSPS) is 16.0. The lowest BCUT2D eigenvalue weighted by atomic mass is 10.0. The summed E-state index contributed by atoms with van der Waals surface area (Å²) in [5.41, 5.74) is -1.53. The molecule has 6 nitrogen and oxygen atoms in total. The first-order valence-electron chi connectivity index (χ1n) is 8.89. The summed E-state index contributed by atoms with van der Waals surface area (Å²) >= 11 is 0. The van der Waals surface area contributed by atoms with E-state index < -0.39 is 29.4 Å². The first-order chi connectivity index (χ1) is 12.9. The van der Waals surface area contributed by atoms with E-state index >= 15 is 0 Å². The maximum Gasteiger partial charge on any atom is 0.416 e. The van der Waals surface area contributed by atoms with Gasteiger partial charge in [0.2, 0.25) is 0 Å². The topological polar surface area (TPSA) is 59.1 Å². The second kappa shape index (κ2) is 8.38. The minimum atomic E-state index is -4.59. The molecule has 1 saturated heterocycles. The molecule has 1 amide bonds. The highest BCUT2D eigenvalue weighted by molar-refractivity contribution is 5.89. The third-order valence-corrected chi connectivity index (χ3v) is 4.25. The van der Waals surface area contributed by atoms with Crippen molar-refractivity contribution in [2.45, 2.75) is 39.1 Å². The molecule has 0 atom stereocenters. The number of carbonyl (C=O) groups excluding carboxylic acids is 2. The number of carbonyl (C=O) groups is 2. The van der Waals surface area contributed by atoms with Gasteiger partial charge in [-0.2, -0.15) is 13.2 Å². The molecule has 1 aromatic rings. The summed E-state index contributed by atoms with van der Waals surface area (Å²) in [7, 11) is 1.12. The number of ether oxygens (including phenoxy) is 2. The number of alkyl halides is 3. The number of nitrogens with zero attached hydrogens (tertiary/aromatic N) is 2. The number of benzene rings is 1. The zero-order valence-corrected chi connectivity index (χ0v) is 16.4. The van der Waals surface area contributed by atoms with Gasteiger partial charge in [-0.15, -0.1) is 0 Å². The molecule has 1 aromatic carbocycles. The second-order valence-corrected chi connectivity index (χ2v) is 7.60. The lowest BCUT2D eigenvalue weighted by molar-refractivity contribution is -0.138. The molecule has 0 radical (unpaired) electrons. The molecule has 0 aliphatic carbocycles. The molecule has 1 fully saturated rings. The summed E-state index contributed by atoms with van der Waals surface area (Å²) in [5.74, 6) is -0.817. The van der Waals surface area contributed by atoms with Gasteiger partial charge in [0.05, 0.1) is 18.2 Å². The van der Waals surface area contributed by atoms with Crippen molar-refractivity contribution in [3.05, 3.63) is 34.9 Å². The van der Waals surface area contributed by atoms with Gasteiger partial charge in [0.15, 0.2) is 0 Å². The Morgan fingerprint density at radius 1 is 1.07 bits per heavy atom. The number of amides is 1. The maximum atomic E-state index is 13.4. The Kier molecular flexibility index (Phi) is 6.59. The lowest BCUT2D eigenvalue weighted by Gasteiger charge is -2.35. The van der Waals surface area contributed by atoms with Crippen LogP contribution in [0.3, 0.4) is 0 Å². The van der Waals surface area contributed by atoms with Crippen molar-refractivity contribution >= 4 is 12.1 Å². The van der Waals surface area contributed by atoms with Gasteiger partial charge >= 0.3 is 18.2 Å². The molecule has 0 spiro atoms. The monoisotopic (exact) mass is 402 g/mol. The Labute approximate surface area is 162 Å². The summed E-state index contributed by atoms with van der Waals surface area (Å²) < 4.78 is 50.1. The molecule has 156 valence electrons. The highest BCUT2D eigenvalue weighted by atomic mass is 19.4. The Morgan fingerprint density at radius 2 is 1.68 bits per heavy atom. The van der Waals surface area contributed by atoms with Crippen molar-refractivity contribution in [2.24, 2.45) is 0 Å². The number of rotatable bonds is 3.